The molecule has 0 aromatic heterocycles. The van der Waals surface area contributed by atoms with Crippen LogP contribution in [0.15, 0.2) is 30.3 Å². The number of hydrogen-bond donors (Lipinski definition) is 1. The first-order chi connectivity index (χ1) is 9.47. The summed E-state index contributed by atoms with van der Waals surface area (Å²) in [6, 6.07) is 7.97. The molecule has 1 aliphatic carbocycles. The minimum atomic E-state index is -2.86. The molecular formula is C16H22ClF2N. The van der Waals surface area contributed by atoms with Gasteiger partial charge in [0.2, 0.25) is 0 Å². The Morgan fingerprint density at radius 3 is 2.65 bits per heavy atom. The Hall–Kier alpha value is -0.670. The van der Waals surface area contributed by atoms with E-state index >= 15 is 0 Å². The minimum absolute atomic E-state index is 0.0566. The van der Waals surface area contributed by atoms with E-state index < -0.39 is 5.92 Å². The van der Waals surface area contributed by atoms with Gasteiger partial charge in [-0.3, -0.25) is 0 Å². The molecule has 1 aromatic carbocycles. The molecule has 2 atom stereocenters. The van der Waals surface area contributed by atoms with Gasteiger partial charge in [-0.05, 0) is 18.8 Å². The molecule has 1 nitrogen and oxygen atoms in total. The molecule has 0 radical (unpaired) electrons. The first-order valence-electron chi connectivity index (χ1n) is 7.22. The second-order valence-corrected chi connectivity index (χ2v) is 6.31. The summed E-state index contributed by atoms with van der Waals surface area (Å²) in [5, 5.41) is 3.07. The van der Waals surface area contributed by atoms with Gasteiger partial charge in [0, 0.05) is 17.0 Å². The third-order valence-electron chi connectivity index (χ3n) is 4.23. The molecule has 1 fully saturated rings. The van der Waals surface area contributed by atoms with Gasteiger partial charge in [-0.15, -0.1) is 11.6 Å². The first kappa shape index (κ1) is 15.7. The average molecular weight is 302 g/mol. The Morgan fingerprint density at radius 2 is 2.05 bits per heavy atom. The fraction of sp³-hybridized carbons (Fsp3) is 0.625. The molecule has 0 aliphatic heterocycles. The zero-order valence-corrected chi connectivity index (χ0v) is 12.6. The van der Waals surface area contributed by atoms with E-state index in [0.717, 1.165) is 25.7 Å². The molecule has 0 amide bonds. The Kier molecular flexibility index (Phi) is 5.03. The minimum Gasteiger partial charge on any atom is -0.304 e. The summed E-state index contributed by atoms with van der Waals surface area (Å²) in [4.78, 5) is 0. The van der Waals surface area contributed by atoms with Crippen molar-refractivity contribution in [2.75, 3.05) is 12.4 Å². The summed E-state index contributed by atoms with van der Waals surface area (Å²) >= 11 is 6.07. The van der Waals surface area contributed by atoms with E-state index in [0.29, 0.717) is 11.8 Å². The van der Waals surface area contributed by atoms with Crippen LogP contribution in [-0.2, 0) is 5.92 Å². The maximum atomic E-state index is 14.2. The summed E-state index contributed by atoms with van der Waals surface area (Å²) in [7, 11) is 0. The van der Waals surface area contributed by atoms with Crippen molar-refractivity contribution in [3.05, 3.63) is 35.9 Å². The molecule has 1 N–H and O–H groups in total. The maximum absolute atomic E-state index is 14.2. The Labute approximate surface area is 124 Å². The van der Waals surface area contributed by atoms with Crippen molar-refractivity contribution in [1.29, 1.82) is 0 Å². The molecule has 4 heteroatoms. The summed E-state index contributed by atoms with van der Waals surface area (Å²) < 4.78 is 28.4. The maximum Gasteiger partial charge on any atom is 0.285 e. The quantitative estimate of drug-likeness (QED) is 0.786. The van der Waals surface area contributed by atoms with Crippen LogP contribution in [0.2, 0.25) is 0 Å². The Morgan fingerprint density at radius 1 is 1.35 bits per heavy atom. The largest absolute Gasteiger partial charge is 0.304 e. The average Bonchev–Trinajstić information content (AvgIpc) is 2.46. The van der Waals surface area contributed by atoms with Crippen molar-refractivity contribution < 1.29 is 8.78 Å². The van der Waals surface area contributed by atoms with Crippen LogP contribution in [0.3, 0.4) is 0 Å². The highest BCUT2D eigenvalue weighted by Crippen LogP contribution is 2.35. The molecule has 0 saturated heterocycles. The topological polar surface area (TPSA) is 12.0 Å². The van der Waals surface area contributed by atoms with Crippen molar-refractivity contribution in [1.82, 2.24) is 5.32 Å². The molecule has 2 unspecified atom stereocenters. The highest BCUT2D eigenvalue weighted by molar-refractivity contribution is 6.18. The van der Waals surface area contributed by atoms with Crippen LogP contribution in [0, 0.1) is 5.92 Å². The van der Waals surface area contributed by atoms with E-state index in [9.17, 15) is 8.78 Å². The molecule has 0 heterocycles. The molecule has 0 spiro atoms. The van der Waals surface area contributed by atoms with Gasteiger partial charge in [-0.1, -0.05) is 50.1 Å². The lowest BCUT2D eigenvalue weighted by atomic mass is 9.77. The summed E-state index contributed by atoms with van der Waals surface area (Å²) in [5.74, 6) is -1.93. The molecule has 2 rings (SSSR count). The molecule has 1 saturated carbocycles. The molecular weight excluding hydrogens is 280 g/mol. The third-order valence-corrected chi connectivity index (χ3v) is 4.74. The van der Waals surface area contributed by atoms with Gasteiger partial charge < -0.3 is 5.32 Å². The van der Waals surface area contributed by atoms with Crippen LogP contribution in [0.25, 0.3) is 0 Å². The molecule has 1 aliphatic rings. The van der Waals surface area contributed by atoms with Gasteiger partial charge in [0.15, 0.2) is 0 Å². The van der Waals surface area contributed by atoms with Gasteiger partial charge in [0.05, 0.1) is 6.54 Å². The summed E-state index contributed by atoms with van der Waals surface area (Å²) in [5.41, 5.74) is -0.279. The number of alkyl halides is 3. The van der Waals surface area contributed by atoms with Gasteiger partial charge in [-0.2, -0.15) is 8.78 Å². The Balaban J connectivity index is 2.02. The van der Waals surface area contributed by atoms with Crippen molar-refractivity contribution in [2.24, 2.45) is 5.92 Å². The molecule has 112 valence electrons. The monoisotopic (exact) mass is 301 g/mol. The predicted molar refractivity (Wildman–Crippen MR) is 79.4 cm³/mol. The van der Waals surface area contributed by atoms with E-state index in [4.69, 9.17) is 11.6 Å². The molecule has 1 aromatic rings. The summed E-state index contributed by atoms with van der Waals surface area (Å²) in [6.07, 6.45) is 3.97. The van der Waals surface area contributed by atoms with E-state index in [2.05, 4.69) is 12.2 Å². The summed E-state index contributed by atoms with van der Waals surface area (Å²) in [6.45, 7) is 1.81. The van der Waals surface area contributed by atoms with Crippen LogP contribution in [0.1, 0.15) is 38.2 Å². The second-order valence-electron chi connectivity index (χ2n) is 6.04. The fourth-order valence-corrected chi connectivity index (χ4v) is 3.41. The molecule has 20 heavy (non-hydrogen) atoms. The van der Waals surface area contributed by atoms with Crippen LogP contribution >= 0.6 is 11.6 Å². The van der Waals surface area contributed by atoms with E-state index in [1.165, 1.54) is 12.1 Å². The lowest BCUT2D eigenvalue weighted by molar-refractivity contribution is -0.0136. The predicted octanol–water partition coefficient (Wildman–Crippen LogP) is 4.56. The van der Waals surface area contributed by atoms with Crippen LogP contribution < -0.4 is 5.32 Å². The number of hydrogen-bond acceptors (Lipinski definition) is 1. The number of benzene rings is 1. The second kappa shape index (κ2) is 6.40. The van der Waals surface area contributed by atoms with E-state index in [1.807, 2.05) is 0 Å². The van der Waals surface area contributed by atoms with Crippen LogP contribution in [-0.4, -0.2) is 18.0 Å². The van der Waals surface area contributed by atoms with Crippen molar-refractivity contribution in [3.8, 4) is 0 Å². The standard InChI is InChI=1S/C16H22ClF2N/c1-13-6-5-9-15(10-13,11-17)20-12-16(18,19)14-7-3-2-4-8-14/h2-4,7-8,13,20H,5-6,9-12H2,1H3. The Bertz CT molecular complexity index is 424. The van der Waals surface area contributed by atoms with Gasteiger partial charge in [-0.25, -0.2) is 0 Å². The first-order valence-corrected chi connectivity index (χ1v) is 7.75. The van der Waals surface area contributed by atoms with Crippen molar-refractivity contribution >= 4 is 11.6 Å². The van der Waals surface area contributed by atoms with Gasteiger partial charge in [0.25, 0.3) is 5.92 Å². The SMILES string of the molecule is CC1CCCC(CCl)(NCC(F)(F)c2ccccc2)C1. The number of halogens is 3. The number of nitrogens with one attached hydrogen (secondary N) is 1. The highest BCUT2D eigenvalue weighted by Gasteiger charge is 2.38. The zero-order valence-electron chi connectivity index (χ0n) is 11.8. The fourth-order valence-electron chi connectivity index (χ4n) is 3.07. The smallest absolute Gasteiger partial charge is 0.285 e. The lowest BCUT2D eigenvalue weighted by Gasteiger charge is -2.40. The highest BCUT2D eigenvalue weighted by atomic mass is 35.5. The number of rotatable bonds is 5. The van der Waals surface area contributed by atoms with Crippen molar-refractivity contribution in [3.63, 3.8) is 0 Å². The van der Waals surface area contributed by atoms with Crippen molar-refractivity contribution in [2.45, 2.75) is 44.1 Å². The zero-order chi connectivity index (χ0) is 14.6. The lowest BCUT2D eigenvalue weighted by Crippen LogP contribution is -2.53. The van der Waals surface area contributed by atoms with Gasteiger partial charge in [0.1, 0.15) is 0 Å². The van der Waals surface area contributed by atoms with E-state index in [-0.39, 0.29) is 17.6 Å². The normalized spacial score (nSPS) is 27.5. The van der Waals surface area contributed by atoms with Gasteiger partial charge >= 0.3 is 0 Å². The van der Waals surface area contributed by atoms with Crippen LogP contribution in [0.4, 0.5) is 8.78 Å². The molecule has 0 bridgehead atoms. The van der Waals surface area contributed by atoms with Crippen LogP contribution in [0.5, 0.6) is 0 Å². The third kappa shape index (κ3) is 3.70. The van der Waals surface area contributed by atoms with E-state index in [1.54, 1.807) is 18.2 Å².